The number of piperidine rings is 1. The van der Waals surface area contributed by atoms with Crippen molar-refractivity contribution in [2.45, 2.75) is 44.4 Å². The number of carbonyl (C=O) groups is 1. The van der Waals surface area contributed by atoms with Crippen molar-refractivity contribution in [2.75, 3.05) is 25.1 Å². The van der Waals surface area contributed by atoms with Crippen LogP contribution in [0.5, 0.6) is 0 Å². The minimum Gasteiger partial charge on any atom is -0.444 e. The summed E-state index contributed by atoms with van der Waals surface area (Å²) in [5.74, 6) is 1.34. The summed E-state index contributed by atoms with van der Waals surface area (Å²) in [4.78, 5) is 25.9. The quantitative estimate of drug-likeness (QED) is 0.572. The van der Waals surface area contributed by atoms with Gasteiger partial charge < -0.3 is 23.5 Å². The maximum atomic E-state index is 13.4. The van der Waals surface area contributed by atoms with Gasteiger partial charge in [-0.1, -0.05) is 17.3 Å². The molecule has 0 unspecified atom stereocenters. The number of ether oxygens (including phenoxy) is 1. The van der Waals surface area contributed by atoms with Crippen molar-refractivity contribution in [3.05, 3.63) is 48.2 Å². The lowest BCUT2D eigenvalue weighted by Gasteiger charge is -2.38. The minimum absolute atomic E-state index is 0.102. The van der Waals surface area contributed by atoms with E-state index in [4.69, 9.17) is 13.7 Å². The summed E-state index contributed by atoms with van der Waals surface area (Å²) < 4.78 is 15.8. The summed E-state index contributed by atoms with van der Waals surface area (Å²) in [6, 6.07) is 8.66. The highest BCUT2D eigenvalue weighted by molar-refractivity contribution is 5.95. The van der Waals surface area contributed by atoms with Gasteiger partial charge in [0.05, 0.1) is 6.20 Å². The Kier molecular flexibility index (Phi) is 5.42. The van der Waals surface area contributed by atoms with E-state index < -0.39 is 0 Å². The molecule has 0 N–H and O–H groups in total. The first-order chi connectivity index (χ1) is 15.2. The van der Waals surface area contributed by atoms with Crippen LogP contribution in [0, 0.1) is 0 Å². The second-order valence-corrected chi connectivity index (χ2v) is 8.03. The summed E-state index contributed by atoms with van der Waals surface area (Å²) in [5.41, 5.74) is 1.62. The van der Waals surface area contributed by atoms with Crippen LogP contribution in [-0.2, 0) is 11.3 Å². The Labute approximate surface area is 180 Å². The van der Waals surface area contributed by atoms with Gasteiger partial charge in [0, 0.05) is 43.4 Å². The zero-order valence-corrected chi connectivity index (χ0v) is 17.4. The van der Waals surface area contributed by atoms with Crippen molar-refractivity contribution in [1.82, 2.24) is 20.0 Å². The van der Waals surface area contributed by atoms with Crippen LogP contribution in [0.15, 0.2) is 45.8 Å². The van der Waals surface area contributed by atoms with Crippen molar-refractivity contribution >= 4 is 11.9 Å². The minimum atomic E-state index is 0.102. The van der Waals surface area contributed by atoms with Gasteiger partial charge in [0.25, 0.3) is 5.91 Å². The Morgan fingerprint density at radius 3 is 2.55 bits per heavy atom. The summed E-state index contributed by atoms with van der Waals surface area (Å²) >= 11 is 0. The molecule has 9 nitrogen and oxygen atoms in total. The van der Waals surface area contributed by atoms with E-state index in [1.165, 1.54) is 6.39 Å². The SMILES string of the molecule is COCc1noc(N2CCC(N(C(=O)c3ccc(-c4cnco4)cc3)C3CC3)CC2)n1. The van der Waals surface area contributed by atoms with E-state index >= 15 is 0 Å². The van der Waals surface area contributed by atoms with Crippen LogP contribution in [0.4, 0.5) is 6.01 Å². The Balaban J connectivity index is 1.25. The molecule has 2 aliphatic rings. The summed E-state index contributed by atoms with van der Waals surface area (Å²) in [5, 5.41) is 3.94. The van der Waals surface area contributed by atoms with Gasteiger partial charge in [-0.2, -0.15) is 4.98 Å². The van der Waals surface area contributed by atoms with Gasteiger partial charge in [0.2, 0.25) is 0 Å². The highest BCUT2D eigenvalue weighted by atomic mass is 16.5. The van der Waals surface area contributed by atoms with E-state index in [0.717, 1.165) is 44.3 Å². The molecule has 2 aromatic heterocycles. The van der Waals surface area contributed by atoms with Gasteiger partial charge in [0.15, 0.2) is 18.0 Å². The van der Waals surface area contributed by atoms with Crippen molar-refractivity contribution in [2.24, 2.45) is 0 Å². The maximum absolute atomic E-state index is 13.4. The molecule has 1 saturated carbocycles. The predicted octanol–water partition coefficient (Wildman–Crippen LogP) is 3.14. The van der Waals surface area contributed by atoms with Crippen LogP contribution in [0.25, 0.3) is 11.3 Å². The molecule has 9 heteroatoms. The molecule has 0 spiro atoms. The number of hydrogen-bond acceptors (Lipinski definition) is 8. The third-order valence-corrected chi connectivity index (χ3v) is 5.88. The highest BCUT2D eigenvalue weighted by Crippen LogP contribution is 2.34. The lowest BCUT2D eigenvalue weighted by atomic mass is 10.0. The Morgan fingerprint density at radius 2 is 1.90 bits per heavy atom. The maximum Gasteiger partial charge on any atom is 0.324 e. The lowest BCUT2D eigenvalue weighted by molar-refractivity contribution is 0.0629. The third kappa shape index (κ3) is 4.18. The molecule has 1 aromatic carbocycles. The van der Waals surface area contributed by atoms with Crippen LogP contribution in [0.3, 0.4) is 0 Å². The third-order valence-electron chi connectivity index (χ3n) is 5.88. The summed E-state index contributed by atoms with van der Waals surface area (Å²) in [7, 11) is 1.60. The van der Waals surface area contributed by atoms with Crippen molar-refractivity contribution in [3.8, 4) is 11.3 Å². The number of amides is 1. The molecule has 0 bridgehead atoms. The Bertz CT molecular complexity index is 1000. The molecule has 3 aromatic rings. The fourth-order valence-corrected chi connectivity index (χ4v) is 4.16. The number of methoxy groups -OCH3 is 1. The fraction of sp³-hybridized carbons (Fsp3) is 0.455. The van der Waals surface area contributed by atoms with Gasteiger partial charge in [-0.15, -0.1) is 0 Å². The van der Waals surface area contributed by atoms with Gasteiger partial charge >= 0.3 is 6.01 Å². The first-order valence-corrected chi connectivity index (χ1v) is 10.6. The van der Waals surface area contributed by atoms with Gasteiger partial charge in [-0.05, 0) is 37.8 Å². The summed E-state index contributed by atoms with van der Waals surface area (Å²) in [6.07, 6.45) is 6.98. The van der Waals surface area contributed by atoms with Crippen molar-refractivity contribution in [3.63, 3.8) is 0 Å². The zero-order valence-electron chi connectivity index (χ0n) is 17.4. The molecular weight excluding hydrogens is 398 g/mol. The van der Waals surface area contributed by atoms with Crippen molar-refractivity contribution in [1.29, 1.82) is 0 Å². The van der Waals surface area contributed by atoms with Crippen LogP contribution < -0.4 is 4.90 Å². The second-order valence-electron chi connectivity index (χ2n) is 8.03. The molecule has 2 fully saturated rings. The Hall–Kier alpha value is -3.20. The number of benzene rings is 1. The van der Waals surface area contributed by atoms with E-state index in [1.807, 2.05) is 24.3 Å². The average Bonchev–Trinajstić information content (AvgIpc) is 3.27. The van der Waals surface area contributed by atoms with Gasteiger partial charge in [0.1, 0.15) is 6.61 Å². The van der Waals surface area contributed by atoms with E-state index in [2.05, 4.69) is 24.9 Å². The van der Waals surface area contributed by atoms with Crippen LogP contribution in [-0.4, -0.2) is 58.2 Å². The number of hydrogen-bond donors (Lipinski definition) is 0. The van der Waals surface area contributed by atoms with E-state index in [9.17, 15) is 4.79 Å². The van der Waals surface area contributed by atoms with Crippen LogP contribution >= 0.6 is 0 Å². The molecule has 3 heterocycles. The highest BCUT2D eigenvalue weighted by Gasteiger charge is 2.39. The molecule has 31 heavy (non-hydrogen) atoms. The van der Waals surface area contributed by atoms with Crippen LogP contribution in [0.1, 0.15) is 41.9 Å². The average molecular weight is 423 g/mol. The first kappa shape index (κ1) is 19.7. The number of rotatable bonds is 7. The number of oxazole rings is 1. The molecule has 0 atom stereocenters. The molecule has 162 valence electrons. The number of carbonyl (C=O) groups excluding carboxylic acids is 1. The molecular formula is C22H25N5O4. The number of nitrogens with zero attached hydrogens (tertiary/aromatic N) is 5. The van der Waals surface area contributed by atoms with E-state index in [1.54, 1.807) is 13.3 Å². The van der Waals surface area contributed by atoms with Gasteiger partial charge in [-0.25, -0.2) is 4.98 Å². The van der Waals surface area contributed by atoms with Gasteiger partial charge in [-0.3, -0.25) is 4.79 Å². The number of anilines is 1. The predicted molar refractivity (Wildman–Crippen MR) is 111 cm³/mol. The van der Waals surface area contributed by atoms with Crippen LogP contribution in [0.2, 0.25) is 0 Å². The van der Waals surface area contributed by atoms with E-state index in [0.29, 0.717) is 35.8 Å². The second kappa shape index (κ2) is 8.50. The summed E-state index contributed by atoms with van der Waals surface area (Å²) in [6.45, 7) is 1.89. The normalized spacial score (nSPS) is 17.1. The smallest absolute Gasteiger partial charge is 0.324 e. The monoisotopic (exact) mass is 423 g/mol. The molecule has 0 radical (unpaired) electrons. The van der Waals surface area contributed by atoms with E-state index in [-0.39, 0.29) is 11.9 Å². The molecule has 1 saturated heterocycles. The fourth-order valence-electron chi connectivity index (χ4n) is 4.16. The lowest BCUT2D eigenvalue weighted by Crippen LogP contribution is -2.48. The number of aromatic nitrogens is 3. The van der Waals surface area contributed by atoms with Crippen molar-refractivity contribution < 1.29 is 18.5 Å². The molecule has 5 rings (SSSR count). The molecule has 1 aliphatic carbocycles. The molecule has 1 amide bonds. The first-order valence-electron chi connectivity index (χ1n) is 10.6. The molecule has 1 aliphatic heterocycles. The topological polar surface area (TPSA) is 97.7 Å². The zero-order chi connectivity index (χ0) is 21.2. The largest absolute Gasteiger partial charge is 0.444 e. The standard InChI is InChI=1S/C22H25N5O4/c1-29-13-20-24-22(31-25-20)26-10-8-18(9-11-26)27(17-6-7-17)21(28)16-4-2-15(3-5-16)19-12-23-14-30-19/h2-5,12,14,17-18H,6-11,13H2,1H3. The Morgan fingerprint density at radius 1 is 1.16 bits per heavy atom.